The molecule has 1 fully saturated rings. The number of amides is 1. The molecule has 0 spiro atoms. The summed E-state index contributed by atoms with van der Waals surface area (Å²) >= 11 is 11.9. The molecule has 0 unspecified atom stereocenters. The van der Waals surface area contributed by atoms with E-state index in [9.17, 15) is 4.79 Å². The second-order valence-corrected chi connectivity index (χ2v) is 6.28. The fourth-order valence-corrected chi connectivity index (χ4v) is 2.68. The van der Waals surface area contributed by atoms with Gasteiger partial charge in [0.05, 0.1) is 10.6 Å². The molecule has 22 heavy (non-hydrogen) atoms. The summed E-state index contributed by atoms with van der Waals surface area (Å²) in [7, 11) is 0. The van der Waals surface area contributed by atoms with Crippen LogP contribution in [-0.2, 0) is 6.54 Å². The third-order valence-corrected chi connectivity index (χ3v) is 4.08. The number of hydrogen-bond acceptors (Lipinski definition) is 2. The number of carbonyl (C=O) groups excluding carboxylic acids is 1. The number of benzene rings is 2. The van der Waals surface area contributed by atoms with Crippen molar-refractivity contribution in [3.63, 3.8) is 0 Å². The highest BCUT2D eigenvalue weighted by Crippen LogP contribution is 2.23. The average Bonchev–Trinajstić information content (AvgIpc) is 3.29. The van der Waals surface area contributed by atoms with Gasteiger partial charge in [-0.2, -0.15) is 0 Å². The van der Waals surface area contributed by atoms with Crippen LogP contribution in [0.15, 0.2) is 42.5 Å². The Morgan fingerprint density at radius 3 is 2.68 bits per heavy atom. The van der Waals surface area contributed by atoms with E-state index in [0.29, 0.717) is 21.7 Å². The van der Waals surface area contributed by atoms with Gasteiger partial charge in [0.25, 0.3) is 5.91 Å². The zero-order valence-electron chi connectivity index (χ0n) is 11.9. The molecule has 5 heteroatoms. The molecule has 114 valence electrons. The first-order chi connectivity index (χ1) is 10.6. The minimum Gasteiger partial charge on any atom is -0.322 e. The molecule has 1 saturated carbocycles. The van der Waals surface area contributed by atoms with Gasteiger partial charge in [-0.15, -0.1) is 0 Å². The van der Waals surface area contributed by atoms with E-state index in [1.54, 1.807) is 18.2 Å². The van der Waals surface area contributed by atoms with Crippen LogP contribution in [0.5, 0.6) is 0 Å². The normalized spacial score (nSPS) is 13.9. The van der Waals surface area contributed by atoms with Gasteiger partial charge in [0.2, 0.25) is 0 Å². The Labute approximate surface area is 139 Å². The third kappa shape index (κ3) is 4.01. The van der Waals surface area contributed by atoms with E-state index < -0.39 is 0 Å². The topological polar surface area (TPSA) is 41.1 Å². The third-order valence-electron chi connectivity index (χ3n) is 3.53. The summed E-state index contributed by atoms with van der Waals surface area (Å²) in [6.07, 6.45) is 2.51. The van der Waals surface area contributed by atoms with Crippen molar-refractivity contribution in [2.24, 2.45) is 0 Å². The van der Waals surface area contributed by atoms with E-state index in [1.165, 1.54) is 12.8 Å². The van der Waals surface area contributed by atoms with Gasteiger partial charge in [-0.25, -0.2) is 0 Å². The van der Waals surface area contributed by atoms with Crippen molar-refractivity contribution in [1.29, 1.82) is 0 Å². The van der Waals surface area contributed by atoms with Crippen molar-refractivity contribution in [2.75, 3.05) is 5.32 Å². The van der Waals surface area contributed by atoms with Crippen LogP contribution in [0.2, 0.25) is 10.0 Å². The van der Waals surface area contributed by atoms with Crippen molar-refractivity contribution in [3.05, 3.63) is 63.6 Å². The van der Waals surface area contributed by atoms with Crippen LogP contribution in [0.3, 0.4) is 0 Å². The van der Waals surface area contributed by atoms with E-state index >= 15 is 0 Å². The van der Waals surface area contributed by atoms with Crippen LogP contribution >= 0.6 is 23.2 Å². The Bertz CT molecular complexity index is 699. The van der Waals surface area contributed by atoms with E-state index in [2.05, 4.69) is 10.6 Å². The molecule has 0 atom stereocenters. The lowest BCUT2D eigenvalue weighted by Gasteiger charge is -2.09. The van der Waals surface area contributed by atoms with Gasteiger partial charge in [0, 0.05) is 23.3 Å². The molecular weight excluding hydrogens is 319 g/mol. The SMILES string of the molecule is O=C(Nc1cccc(CNC2CC2)c1)c1ccc(Cl)cc1Cl. The Morgan fingerprint density at radius 2 is 1.95 bits per heavy atom. The number of hydrogen-bond donors (Lipinski definition) is 2. The summed E-state index contributed by atoms with van der Waals surface area (Å²) in [6.45, 7) is 0.816. The minimum atomic E-state index is -0.242. The second kappa shape index (κ2) is 6.69. The molecule has 0 saturated heterocycles. The van der Waals surface area contributed by atoms with Crippen LogP contribution in [0.25, 0.3) is 0 Å². The predicted molar refractivity (Wildman–Crippen MR) is 90.7 cm³/mol. The second-order valence-electron chi connectivity index (χ2n) is 5.43. The first-order valence-electron chi connectivity index (χ1n) is 7.20. The molecule has 0 aliphatic heterocycles. The molecule has 0 aromatic heterocycles. The maximum absolute atomic E-state index is 12.3. The fourth-order valence-electron chi connectivity index (χ4n) is 2.18. The summed E-state index contributed by atoms with van der Waals surface area (Å²) in [5, 5.41) is 7.17. The van der Waals surface area contributed by atoms with Crippen molar-refractivity contribution < 1.29 is 4.79 Å². The maximum atomic E-state index is 12.3. The number of anilines is 1. The number of halogens is 2. The largest absolute Gasteiger partial charge is 0.322 e. The standard InChI is InChI=1S/C17H16Cl2N2O/c18-12-4-7-15(16(19)9-12)17(22)21-14-3-1-2-11(8-14)10-20-13-5-6-13/h1-4,7-9,13,20H,5-6,10H2,(H,21,22). The molecule has 3 nitrogen and oxygen atoms in total. The molecular formula is C17H16Cl2N2O. The van der Waals surface area contributed by atoms with Crippen molar-refractivity contribution in [1.82, 2.24) is 5.32 Å². The van der Waals surface area contributed by atoms with Gasteiger partial charge in [0.15, 0.2) is 0 Å². The zero-order chi connectivity index (χ0) is 15.5. The summed E-state index contributed by atoms with van der Waals surface area (Å²) in [5.74, 6) is -0.242. The number of nitrogens with one attached hydrogen (secondary N) is 2. The first-order valence-corrected chi connectivity index (χ1v) is 7.96. The predicted octanol–water partition coefficient (Wildman–Crippen LogP) is 4.50. The Morgan fingerprint density at radius 1 is 1.14 bits per heavy atom. The molecule has 1 aliphatic rings. The summed E-state index contributed by atoms with van der Waals surface area (Å²) in [5.41, 5.74) is 2.31. The van der Waals surface area contributed by atoms with Crippen LogP contribution in [-0.4, -0.2) is 11.9 Å². The summed E-state index contributed by atoms with van der Waals surface area (Å²) < 4.78 is 0. The molecule has 0 heterocycles. The van der Waals surface area contributed by atoms with Gasteiger partial charge >= 0.3 is 0 Å². The van der Waals surface area contributed by atoms with Crippen LogP contribution < -0.4 is 10.6 Å². The van der Waals surface area contributed by atoms with Crippen molar-refractivity contribution >= 4 is 34.8 Å². The van der Waals surface area contributed by atoms with Crippen LogP contribution in [0, 0.1) is 0 Å². The van der Waals surface area contributed by atoms with E-state index in [1.807, 2.05) is 24.3 Å². The minimum absolute atomic E-state index is 0.242. The molecule has 1 aliphatic carbocycles. The van der Waals surface area contributed by atoms with Gasteiger partial charge < -0.3 is 10.6 Å². The van der Waals surface area contributed by atoms with E-state index in [0.717, 1.165) is 17.8 Å². The first kappa shape index (κ1) is 15.3. The highest BCUT2D eigenvalue weighted by Gasteiger charge is 2.20. The lowest BCUT2D eigenvalue weighted by atomic mass is 10.1. The highest BCUT2D eigenvalue weighted by atomic mass is 35.5. The molecule has 3 rings (SSSR count). The zero-order valence-corrected chi connectivity index (χ0v) is 13.4. The lowest BCUT2D eigenvalue weighted by molar-refractivity contribution is 0.102. The van der Waals surface area contributed by atoms with Crippen LogP contribution in [0.4, 0.5) is 5.69 Å². The molecule has 0 radical (unpaired) electrons. The lowest BCUT2D eigenvalue weighted by Crippen LogP contribution is -2.16. The van der Waals surface area contributed by atoms with Gasteiger partial charge in [-0.05, 0) is 48.7 Å². The van der Waals surface area contributed by atoms with Crippen LogP contribution in [0.1, 0.15) is 28.8 Å². The van der Waals surface area contributed by atoms with Crippen molar-refractivity contribution in [2.45, 2.75) is 25.4 Å². The number of carbonyl (C=O) groups is 1. The number of rotatable bonds is 5. The van der Waals surface area contributed by atoms with Gasteiger partial charge in [-0.1, -0.05) is 35.3 Å². The van der Waals surface area contributed by atoms with E-state index in [-0.39, 0.29) is 5.91 Å². The Kier molecular flexibility index (Phi) is 4.67. The Balaban J connectivity index is 1.68. The molecule has 0 bridgehead atoms. The van der Waals surface area contributed by atoms with Gasteiger partial charge in [0.1, 0.15) is 0 Å². The van der Waals surface area contributed by atoms with Gasteiger partial charge in [-0.3, -0.25) is 4.79 Å². The molecule has 2 N–H and O–H groups in total. The summed E-state index contributed by atoms with van der Waals surface area (Å²) in [6, 6.07) is 13.3. The molecule has 2 aromatic rings. The molecule has 1 amide bonds. The van der Waals surface area contributed by atoms with E-state index in [4.69, 9.17) is 23.2 Å². The smallest absolute Gasteiger partial charge is 0.257 e. The highest BCUT2D eigenvalue weighted by molar-refractivity contribution is 6.37. The summed E-state index contributed by atoms with van der Waals surface area (Å²) in [4.78, 5) is 12.3. The quantitative estimate of drug-likeness (QED) is 0.845. The average molecular weight is 335 g/mol. The monoisotopic (exact) mass is 334 g/mol. The maximum Gasteiger partial charge on any atom is 0.257 e. The fraction of sp³-hybridized carbons (Fsp3) is 0.235. The Hall–Kier alpha value is -1.55. The van der Waals surface area contributed by atoms with Crippen molar-refractivity contribution in [3.8, 4) is 0 Å². The molecule has 2 aromatic carbocycles.